The quantitative estimate of drug-likeness (QED) is 0.333. The van der Waals surface area contributed by atoms with Gasteiger partial charge in [-0.3, -0.25) is 10.0 Å². The summed E-state index contributed by atoms with van der Waals surface area (Å²) in [5.74, 6) is 0.864. The molecule has 0 bridgehead atoms. The standard InChI is InChI=1S/C21H29FN2O3/c1-14-10-17(11-15(2)20(14)22)12-18(21(25)24-26)6-4-5-9-23-13-19-8-7-16(3)27-19/h7-8,10-11,18,23,26H,4-6,9,12-13H2,1-3H3,(H,24,25)/t18-/m0/s1. The van der Waals surface area contributed by atoms with Gasteiger partial charge in [0.1, 0.15) is 17.3 Å². The molecule has 1 heterocycles. The molecule has 0 spiro atoms. The maximum atomic E-state index is 13.8. The van der Waals surface area contributed by atoms with Crippen LogP contribution in [0.25, 0.3) is 0 Å². The Morgan fingerprint density at radius 2 is 1.89 bits per heavy atom. The molecule has 5 nitrogen and oxygen atoms in total. The van der Waals surface area contributed by atoms with Crippen LogP contribution in [0.5, 0.6) is 0 Å². The molecule has 1 amide bonds. The van der Waals surface area contributed by atoms with E-state index in [9.17, 15) is 9.18 Å². The SMILES string of the molecule is Cc1ccc(CNCCCC[C@@H](Cc2cc(C)c(F)c(C)c2)C(=O)NO)o1. The Bertz CT molecular complexity index is 735. The second-order valence-electron chi connectivity index (χ2n) is 7.11. The number of halogens is 1. The van der Waals surface area contributed by atoms with Gasteiger partial charge >= 0.3 is 0 Å². The van der Waals surface area contributed by atoms with Gasteiger partial charge in [-0.1, -0.05) is 18.6 Å². The van der Waals surface area contributed by atoms with Gasteiger partial charge in [-0.05, 0) is 75.4 Å². The number of carbonyl (C=O) groups excluding carboxylic acids is 1. The number of furan rings is 1. The first-order chi connectivity index (χ1) is 12.9. The average Bonchev–Trinajstić information content (AvgIpc) is 3.05. The van der Waals surface area contributed by atoms with Gasteiger partial charge in [0.25, 0.3) is 0 Å². The molecule has 148 valence electrons. The molecule has 3 N–H and O–H groups in total. The lowest BCUT2D eigenvalue weighted by Gasteiger charge is -2.16. The third-order valence-corrected chi connectivity index (χ3v) is 4.71. The number of hydrogen-bond acceptors (Lipinski definition) is 4. The van der Waals surface area contributed by atoms with Crippen LogP contribution in [0.1, 0.15) is 47.5 Å². The van der Waals surface area contributed by atoms with Crippen LogP contribution in [0, 0.1) is 32.5 Å². The lowest BCUT2D eigenvalue weighted by Crippen LogP contribution is -2.29. The van der Waals surface area contributed by atoms with E-state index in [1.807, 2.05) is 19.1 Å². The van der Waals surface area contributed by atoms with Gasteiger partial charge in [0.15, 0.2) is 0 Å². The highest BCUT2D eigenvalue weighted by Gasteiger charge is 2.19. The number of aryl methyl sites for hydroxylation is 3. The Labute approximate surface area is 159 Å². The van der Waals surface area contributed by atoms with E-state index in [2.05, 4.69) is 5.32 Å². The van der Waals surface area contributed by atoms with E-state index in [-0.39, 0.29) is 11.7 Å². The van der Waals surface area contributed by atoms with Crippen molar-refractivity contribution in [3.63, 3.8) is 0 Å². The van der Waals surface area contributed by atoms with E-state index >= 15 is 0 Å². The zero-order chi connectivity index (χ0) is 19.8. The fraction of sp³-hybridized carbons (Fsp3) is 0.476. The summed E-state index contributed by atoms with van der Waals surface area (Å²) in [4.78, 5) is 12.0. The fourth-order valence-electron chi connectivity index (χ4n) is 3.29. The predicted octanol–water partition coefficient (Wildman–Crippen LogP) is 3.97. The van der Waals surface area contributed by atoms with Crippen LogP contribution in [0.4, 0.5) is 4.39 Å². The number of hydroxylamine groups is 1. The van der Waals surface area contributed by atoms with Gasteiger partial charge in [-0.15, -0.1) is 0 Å². The predicted molar refractivity (Wildman–Crippen MR) is 102 cm³/mol. The molecular formula is C21H29FN2O3. The number of hydrogen-bond donors (Lipinski definition) is 3. The van der Waals surface area contributed by atoms with E-state index in [1.54, 1.807) is 31.5 Å². The van der Waals surface area contributed by atoms with Crippen LogP contribution in [0.2, 0.25) is 0 Å². The van der Waals surface area contributed by atoms with E-state index in [0.29, 0.717) is 30.5 Å². The van der Waals surface area contributed by atoms with Crippen molar-refractivity contribution in [1.82, 2.24) is 10.8 Å². The maximum Gasteiger partial charge on any atom is 0.246 e. The van der Waals surface area contributed by atoms with Crippen molar-refractivity contribution in [3.05, 3.63) is 58.3 Å². The van der Waals surface area contributed by atoms with Crippen molar-refractivity contribution in [1.29, 1.82) is 0 Å². The van der Waals surface area contributed by atoms with Crippen LogP contribution >= 0.6 is 0 Å². The highest BCUT2D eigenvalue weighted by molar-refractivity contribution is 5.77. The molecule has 1 atom stereocenters. The number of nitrogens with one attached hydrogen (secondary N) is 2. The highest BCUT2D eigenvalue weighted by atomic mass is 19.1. The summed E-state index contributed by atoms with van der Waals surface area (Å²) in [6.45, 7) is 6.86. The normalized spacial score (nSPS) is 12.2. The lowest BCUT2D eigenvalue weighted by molar-refractivity contribution is -0.133. The summed E-state index contributed by atoms with van der Waals surface area (Å²) in [7, 11) is 0. The second-order valence-corrected chi connectivity index (χ2v) is 7.11. The topological polar surface area (TPSA) is 74.5 Å². The van der Waals surface area contributed by atoms with Crippen LogP contribution in [0.15, 0.2) is 28.7 Å². The Balaban J connectivity index is 1.79. The molecule has 6 heteroatoms. The van der Waals surface area contributed by atoms with Gasteiger partial charge in [0.2, 0.25) is 5.91 Å². The molecular weight excluding hydrogens is 347 g/mol. The van der Waals surface area contributed by atoms with Crippen molar-refractivity contribution < 1.29 is 18.8 Å². The monoisotopic (exact) mass is 376 g/mol. The van der Waals surface area contributed by atoms with Crippen molar-refractivity contribution in [2.45, 2.75) is 53.0 Å². The Kier molecular flexibility index (Phi) is 8.00. The summed E-state index contributed by atoms with van der Waals surface area (Å²) in [6.07, 6.45) is 2.90. The first-order valence-electron chi connectivity index (χ1n) is 9.36. The molecule has 0 radical (unpaired) electrons. The minimum Gasteiger partial charge on any atom is -0.465 e. The van der Waals surface area contributed by atoms with Crippen LogP contribution in [0.3, 0.4) is 0 Å². The van der Waals surface area contributed by atoms with Crippen LogP contribution in [-0.2, 0) is 17.8 Å². The number of rotatable bonds is 10. The van der Waals surface area contributed by atoms with E-state index in [1.165, 1.54) is 0 Å². The van der Waals surface area contributed by atoms with E-state index in [0.717, 1.165) is 36.5 Å². The summed E-state index contributed by atoms with van der Waals surface area (Å²) in [6, 6.07) is 7.43. The molecule has 0 aliphatic carbocycles. The van der Waals surface area contributed by atoms with Gasteiger partial charge in [0, 0.05) is 5.92 Å². The zero-order valence-corrected chi connectivity index (χ0v) is 16.3. The fourth-order valence-corrected chi connectivity index (χ4v) is 3.29. The zero-order valence-electron chi connectivity index (χ0n) is 16.3. The second kappa shape index (κ2) is 10.2. The molecule has 2 rings (SSSR count). The number of carbonyl (C=O) groups is 1. The highest BCUT2D eigenvalue weighted by Crippen LogP contribution is 2.20. The largest absolute Gasteiger partial charge is 0.465 e. The molecule has 1 aromatic heterocycles. The Hall–Kier alpha value is -2.18. The van der Waals surface area contributed by atoms with Gasteiger partial charge in [0.05, 0.1) is 6.54 Å². The molecule has 0 unspecified atom stereocenters. The molecule has 2 aromatic rings. The number of benzene rings is 1. The molecule has 27 heavy (non-hydrogen) atoms. The van der Waals surface area contributed by atoms with Gasteiger partial charge in [-0.2, -0.15) is 0 Å². The van der Waals surface area contributed by atoms with Gasteiger partial charge in [-0.25, -0.2) is 9.87 Å². The van der Waals surface area contributed by atoms with Crippen molar-refractivity contribution in [2.75, 3.05) is 6.54 Å². The smallest absolute Gasteiger partial charge is 0.246 e. The van der Waals surface area contributed by atoms with Crippen molar-refractivity contribution in [3.8, 4) is 0 Å². The maximum absolute atomic E-state index is 13.8. The van der Waals surface area contributed by atoms with E-state index < -0.39 is 5.91 Å². The Morgan fingerprint density at radius 1 is 1.19 bits per heavy atom. The third-order valence-electron chi connectivity index (χ3n) is 4.71. The van der Waals surface area contributed by atoms with Crippen molar-refractivity contribution in [2.24, 2.45) is 5.92 Å². The van der Waals surface area contributed by atoms with Crippen LogP contribution in [-0.4, -0.2) is 17.7 Å². The molecule has 0 saturated heterocycles. The molecule has 1 aromatic carbocycles. The molecule has 0 fully saturated rings. The molecule has 0 aliphatic heterocycles. The number of amides is 1. The summed E-state index contributed by atoms with van der Waals surface area (Å²) < 4.78 is 19.3. The lowest BCUT2D eigenvalue weighted by atomic mass is 9.92. The number of unbranched alkanes of at least 4 members (excludes halogenated alkanes) is 1. The molecule has 0 saturated carbocycles. The summed E-state index contributed by atoms with van der Waals surface area (Å²) in [5.41, 5.74) is 3.82. The third kappa shape index (κ3) is 6.48. The van der Waals surface area contributed by atoms with Crippen LogP contribution < -0.4 is 10.8 Å². The minimum absolute atomic E-state index is 0.209. The van der Waals surface area contributed by atoms with Gasteiger partial charge < -0.3 is 9.73 Å². The van der Waals surface area contributed by atoms with Crippen molar-refractivity contribution >= 4 is 5.91 Å². The first kappa shape index (κ1) is 21.1. The minimum atomic E-state index is -0.395. The molecule has 0 aliphatic rings. The van der Waals surface area contributed by atoms with E-state index in [4.69, 9.17) is 9.62 Å². The first-order valence-corrected chi connectivity index (χ1v) is 9.36. The average molecular weight is 376 g/mol. The summed E-state index contributed by atoms with van der Waals surface area (Å²) >= 11 is 0. The summed E-state index contributed by atoms with van der Waals surface area (Å²) in [5, 5.41) is 12.3. The Morgan fingerprint density at radius 3 is 2.48 bits per heavy atom.